The zero-order valence-electron chi connectivity index (χ0n) is 14.5. The molecule has 0 aliphatic heterocycles. The Labute approximate surface area is 163 Å². The first-order valence-corrected chi connectivity index (χ1v) is 8.76. The van der Waals surface area contributed by atoms with Gasteiger partial charge in [-0.15, -0.1) is 0 Å². The number of hydrogen-bond acceptors (Lipinski definition) is 4. The van der Waals surface area contributed by atoms with Gasteiger partial charge in [-0.05, 0) is 57.4 Å². The summed E-state index contributed by atoms with van der Waals surface area (Å²) in [6, 6.07) is 12.0. The number of carboxylic acids is 1. The number of fused-ring (bicyclic) bond motifs is 1. The summed E-state index contributed by atoms with van der Waals surface area (Å²) in [4.78, 5) is 24.1. The Bertz CT molecular complexity index is 1080. The number of benzene rings is 3. The highest BCUT2D eigenvalue weighted by Crippen LogP contribution is 2.37. The van der Waals surface area contributed by atoms with Crippen molar-refractivity contribution in [1.29, 1.82) is 0 Å². The van der Waals surface area contributed by atoms with Crippen LogP contribution in [0.3, 0.4) is 0 Å². The van der Waals surface area contributed by atoms with E-state index >= 15 is 0 Å². The van der Waals surface area contributed by atoms with Crippen LogP contribution in [0.4, 0.5) is 5.69 Å². The van der Waals surface area contributed by atoms with Crippen LogP contribution >= 0.6 is 15.9 Å². The molecule has 0 aliphatic carbocycles. The highest BCUT2D eigenvalue weighted by molar-refractivity contribution is 9.10. The maximum Gasteiger partial charge on any atom is 0.339 e. The minimum absolute atomic E-state index is 0.263. The van der Waals surface area contributed by atoms with Crippen molar-refractivity contribution in [1.82, 2.24) is 0 Å². The quantitative estimate of drug-likeness (QED) is 0.527. The van der Waals surface area contributed by atoms with Crippen molar-refractivity contribution in [3.8, 4) is 11.5 Å². The second-order valence-electron chi connectivity index (χ2n) is 5.94. The Morgan fingerprint density at radius 2 is 1.81 bits per heavy atom. The van der Waals surface area contributed by atoms with Crippen molar-refractivity contribution < 1.29 is 24.5 Å². The van der Waals surface area contributed by atoms with Gasteiger partial charge in [0.15, 0.2) is 0 Å². The van der Waals surface area contributed by atoms with Crippen LogP contribution in [0.25, 0.3) is 10.8 Å². The number of phenols is 1. The lowest BCUT2D eigenvalue weighted by Crippen LogP contribution is -2.14. The number of carbonyl (C=O) groups excluding carboxylic acids is 1. The molecule has 0 radical (unpaired) electrons. The average Bonchev–Trinajstić information content (AvgIpc) is 2.64. The maximum absolute atomic E-state index is 12.8. The molecule has 0 atom stereocenters. The smallest absolute Gasteiger partial charge is 0.339 e. The number of hydrogen-bond donors (Lipinski definition) is 3. The zero-order valence-corrected chi connectivity index (χ0v) is 16.1. The monoisotopic (exact) mass is 429 g/mol. The highest BCUT2D eigenvalue weighted by atomic mass is 79.9. The third kappa shape index (κ3) is 3.46. The molecule has 1 amide bonds. The molecule has 0 aliphatic rings. The Morgan fingerprint density at radius 3 is 2.48 bits per heavy atom. The summed E-state index contributed by atoms with van der Waals surface area (Å²) in [5.74, 6) is -1.69. The lowest BCUT2D eigenvalue weighted by atomic mass is 10.0. The first-order valence-electron chi connectivity index (χ1n) is 7.97. The number of nitrogens with one attached hydrogen (secondary N) is 1. The minimum atomic E-state index is -1.28. The standard InChI is InChI=1S/C20H16BrNO5/c1-10-7-12(9-14(17(10)23)20(25)26)22-19(24)15-8-11-5-3-4-6-13(11)16(21)18(15)27-2/h3-9,23H,1-2H3,(H,22,24)(H,25,26). The van der Waals surface area contributed by atoms with Crippen molar-refractivity contribution in [3.05, 3.63) is 63.6 Å². The number of ether oxygens (including phenoxy) is 1. The molecule has 0 spiro atoms. The van der Waals surface area contributed by atoms with E-state index in [-0.39, 0.29) is 17.0 Å². The molecular weight excluding hydrogens is 414 g/mol. The first kappa shape index (κ1) is 18.7. The zero-order chi connectivity index (χ0) is 19.7. The van der Waals surface area contributed by atoms with Gasteiger partial charge in [0, 0.05) is 5.69 Å². The fourth-order valence-electron chi connectivity index (χ4n) is 2.87. The van der Waals surface area contributed by atoms with Gasteiger partial charge in [0.1, 0.15) is 17.1 Å². The van der Waals surface area contributed by atoms with Crippen LogP contribution in [-0.4, -0.2) is 29.2 Å². The lowest BCUT2D eigenvalue weighted by molar-refractivity contribution is 0.0693. The van der Waals surface area contributed by atoms with Crippen molar-refractivity contribution in [2.75, 3.05) is 12.4 Å². The number of anilines is 1. The predicted molar refractivity (Wildman–Crippen MR) is 106 cm³/mol. The number of rotatable bonds is 4. The van der Waals surface area contributed by atoms with Crippen LogP contribution in [-0.2, 0) is 0 Å². The van der Waals surface area contributed by atoms with Crippen LogP contribution in [0.1, 0.15) is 26.3 Å². The van der Waals surface area contributed by atoms with Gasteiger partial charge in [-0.2, -0.15) is 0 Å². The average molecular weight is 430 g/mol. The molecule has 3 aromatic rings. The molecule has 0 bridgehead atoms. The number of carboxylic acid groups (broad SMARTS) is 1. The van der Waals surface area contributed by atoms with E-state index in [0.29, 0.717) is 21.3 Å². The Balaban J connectivity index is 2.06. The van der Waals surface area contributed by atoms with Gasteiger partial charge >= 0.3 is 5.97 Å². The topological polar surface area (TPSA) is 95.9 Å². The molecule has 27 heavy (non-hydrogen) atoms. The second kappa shape index (κ2) is 7.28. The van der Waals surface area contributed by atoms with E-state index < -0.39 is 11.9 Å². The van der Waals surface area contributed by atoms with Gasteiger partial charge < -0.3 is 20.3 Å². The normalized spacial score (nSPS) is 10.6. The van der Waals surface area contributed by atoms with Crippen LogP contribution in [0.2, 0.25) is 0 Å². The highest BCUT2D eigenvalue weighted by Gasteiger charge is 2.20. The van der Waals surface area contributed by atoms with Crippen LogP contribution < -0.4 is 10.1 Å². The molecule has 3 N–H and O–H groups in total. The van der Waals surface area contributed by atoms with E-state index in [1.54, 1.807) is 13.0 Å². The van der Waals surface area contributed by atoms with E-state index in [4.69, 9.17) is 4.74 Å². The van der Waals surface area contributed by atoms with Gasteiger partial charge in [-0.1, -0.05) is 24.3 Å². The Hall–Kier alpha value is -3.06. The predicted octanol–water partition coefficient (Wildman–Crippen LogP) is 4.58. The number of aromatic hydroxyl groups is 1. The summed E-state index contributed by atoms with van der Waals surface area (Å²) in [5.41, 5.74) is 0.624. The van der Waals surface area contributed by atoms with Crippen molar-refractivity contribution in [2.24, 2.45) is 0 Å². The molecular formula is C20H16BrNO5. The largest absolute Gasteiger partial charge is 0.507 e. The van der Waals surface area contributed by atoms with E-state index in [1.165, 1.54) is 19.2 Å². The second-order valence-corrected chi connectivity index (χ2v) is 6.73. The molecule has 0 saturated carbocycles. The molecule has 0 saturated heterocycles. The Morgan fingerprint density at radius 1 is 1.11 bits per heavy atom. The van der Waals surface area contributed by atoms with Gasteiger partial charge in [0.25, 0.3) is 5.91 Å². The molecule has 0 unspecified atom stereocenters. The van der Waals surface area contributed by atoms with E-state index in [9.17, 15) is 19.8 Å². The van der Waals surface area contributed by atoms with Crippen molar-refractivity contribution in [2.45, 2.75) is 6.92 Å². The third-order valence-electron chi connectivity index (χ3n) is 4.18. The number of aryl methyl sites for hydroxylation is 1. The molecule has 0 aromatic heterocycles. The summed E-state index contributed by atoms with van der Waals surface area (Å²) >= 11 is 3.48. The van der Waals surface area contributed by atoms with E-state index in [0.717, 1.165) is 10.8 Å². The fourth-order valence-corrected chi connectivity index (χ4v) is 3.60. The number of aromatic carboxylic acids is 1. The number of carbonyl (C=O) groups is 2. The summed E-state index contributed by atoms with van der Waals surface area (Å²) in [7, 11) is 1.47. The molecule has 0 fully saturated rings. The number of halogens is 1. The van der Waals surface area contributed by atoms with E-state index in [2.05, 4.69) is 21.2 Å². The number of amides is 1. The summed E-state index contributed by atoms with van der Waals surface area (Å²) in [6.45, 7) is 1.56. The van der Waals surface area contributed by atoms with Crippen LogP contribution in [0.5, 0.6) is 11.5 Å². The van der Waals surface area contributed by atoms with Crippen LogP contribution in [0, 0.1) is 6.92 Å². The van der Waals surface area contributed by atoms with Crippen molar-refractivity contribution in [3.63, 3.8) is 0 Å². The Kier molecular flexibility index (Phi) is 5.05. The molecule has 138 valence electrons. The minimum Gasteiger partial charge on any atom is -0.507 e. The third-order valence-corrected chi connectivity index (χ3v) is 4.97. The van der Waals surface area contributed by atoms with Gasteiger partial charge in [-0.25, -0.2) is 4.79 Å². The number of methoxy groups -OCH3 is 1. The molecule has 3 aromatic carbocycles. The SMILES string of the molecule is COc1c(C(=O)Nc2cc(C)c(O)c(C(=O)O)c2)cc2ccccc2c1Br. The molecule has 3 rings (SSSR count). The molecule has 0 heterocycles. The molecule has 6 nitrogen and oxygen atoms in total. The summed E-state index contributed by atoms with van der Waals surface area (Å²) < 4.78 is 6.06. The summed E-state index contributed by atoms with van der Waals surface area (Å²) in [6.07, 6.45) is 0. The van der Waals surface area contributed by atoms with Crippen molar-refractivity contribution >= 4 is 44.3 Å². The van der Waals surface area contributed by atoms with Gasteiger partial charge in [-0.3, -0.25) is 4.79 Å². The van der Waals surface area contributed by atoms with Gasteiger partial charge in [0.2, 0.25) is 0 Å². The maximum atomic E-state index is 12.8. The van der Waals surface area contributed by atoms with E-state index in [1.807, 2.05) is 24.3 Å². The first-order chi connectivity index (χ1) is 12.8. The fraction of sp³-hybridized carbons (Fsp3) is 0.100. The van der Waals surface area contributed by atoms with Gasteiger partial charge in [0.05, 0.1) is 17.1 Å². The summed E-state index contributed by atoms with van der Waals surface area (Å²) in [5, 5.41) is 23.5. The van der Waals surface area contributed by atoms with Crippen LogP contribution in [0.15, 0.2) is 46.9 Å². The molecule has 7 heteroatoms. The lowest BCUT2D eigenvalue weighted by Gasteiger charge is -2.14.